The molecule has 0 fully saturated rings. The van der Waals surface area contributed by atoms with E-state index in [1.165, 1.54) is 17.3 Å². The number of carbonyl (C=O) groups is 1. The highest BCUT2D eigenvalue weighted by atomic mass is 32.2. The second kappa shape index (κ2) is 7.83. The molecule has 0 saturated heterocycles. The van der Waals surface area contributed by atoms with Crippen LogP contribution in [0.2, 0.25) is 0 Å². The number of hydrogen-bond acceptors (Lipinski definition) is 5. The fourth-order valence-corrected chi connectivity index (χ4v) is 2.24. The minimum atomic E-state index is -0.227. The number of aromatic nitrogens is 3. The Hall–Kier alpha value is -1.82. The quantitative estimate of drug-likeness (QED) is 0.483. The normalized spacial score (nSPS) is 10.6. The summed E-state index contributed by atoms with van der Waals surface area (Å²) in [5, 5.41) is 7.54. The Labute approximate surface area is 128 Å². The highest BCUT2D eigenvalue weighted by molar-refractivity contribution is 7.99. The summed E-state index contributed by atoms with van der Waals surface area (Å²) in [4.78, 5) is 15.9. The molecule has 2 aromatic rings. The van der Waals surface area contributed by atoms with Gasteiger partial charge in [0.15, 0.2) is 5.82 Å². The molecule has 1 aromatic heterocycles. The molecule has 0 aliphatic rings. The lowest BCUT2D eigenvalue weighted by Gasteiger charge is -2.01. The van der Waals surface area contributed by atoms with E-state index in [1.54, 1.807) is 0 Å². The van der Waals surface area contributed by atoms with Crippen LogP contribution < -0.4 is 0 Å². The molecule has 0 amide bonds. The largest absolute Gasteiger partial charge is 0.465 e. The van der Waals surface area contributed by atoms with Gasteiger partial charge in [-0.1, -0.05) is 54.9 Å². The summed E-state index contributed by atoms with van der Waals surface area (Å²) in [7, 11) is 0. The minimum absolute atomic E-state index is 0.227. The van der Waals surface area contributed by atoms with Crippen molar-refractivity contribution in [2.45, 2.75) is 31.8 Å². The van der Waals surface area contributed by atoms with E-state index >= 15 is 0 Å². The molecule has 0 aliphatic carbocycles. The van der Waals surface area contributed by atoms with Gasteiger partial charge in [0.05, 0.1) is 12.4 Å². The summed E-state index contributed by atoms with van der Waals surface area (Å²) in [5.41, 5.74) is 2.17. The molecule has 0 spiro atoms. The highest BCUT2D eigenvalue weighted by Gasteiger charge is 2.09. The third-order valence-corrected chi connectivity index (χ3v) is 3.69. The molecule has 0 aliphatic heterocycles. The molecule has 0 unspecified atom stereocenters. The number of aryl methyl sites for hydroxylation is 1. The summed E-state index contributed by atoms with van der Waals surface area (Å²) < 4.78 is 5.08. The molecule has 1 heterocycles. The molecule has 1 N–H and O–H groups in total. The molecular weight excluding hydrogens is 286 g/mol. The molecule has 6 heteroatoms. The molecule has 0 atom stereocenters. The first-order valence-electron chi connectivity index (χ1n) is 6.97. The van der Waals surface area contributed by atoms with Crippen molar-refractivity contribution < 1.29 is 9.53 Å². The molecular formula is C15H19N3O2S. The van der Waals surface area contributed by atoms with Crippen LogP contribution in [-0.2, 0) is 9.53 Å². The van der Waals surface area contributed by atoms with Crippen LogP contribution in [-0.4, -0.2) is 33.5 Å². The number of benzene rings is 1. The van der Waals surface area contributed by atoms with Gasteiger partial charge in [-0.3, -0.25) is 9.89 Å². The number of ether oxygens (including phenoxy) is 1. The zero-order valence-electron chi connectivity index (χ0n) is 12.3. The third kappa shape index (κ3) is 4.90. The smallest absolute Gasteiger partial charge is 0.316 e. The predicted molar refractivity (Wildman–Crippen MR) is 83.1 cm³/mol. The van der Waals surface area contributed by atoms with Gasteiger partial charge >= 0.3 is 5.97 Å². The summed E-state index contributed by atoms with van der Waals surface area (Å²) in [5.74, 6) is 0.710. The lowest BCUT2D eigenvalue weighted by Crippen LogP contribution is -2.08. The summed E-state index contributed by atoms with van der Waals surface area (Å²) >= 11 is 1.28. The number of H-pyrrole nitrogens is 1. The van der Waals surface area contributed by atoms with Gasteiger partial charge in [0.1, 0.15) is 0 Å². The highest BCUT2D eigenvalue weighted by Crippen LogP contribution is 2.19. The summed E-state index contributed by atoms with van der Waals surface area (Å²) in [6.07, 6.45) is 1.91. The lowest BCUT2D eigenvalue weighted by atomic mass is 10.1. The van der Waals surface area contributed by atoms with E-state index in [0.29, 0.717) is 17.6 Å². The Morgan fingerprint density at radius 3 is 2.81 bits per heavy atom. The second-order valence-corrected chi connectivity index (χ2v) is 5.64. The fraction of sp³-hybridized carbons (Fsp3) is 0.400. The van der Waals surface area contributed by atoms with Crippen LogP contribution in [0.25, 0.3) is 11.4 Å². The Balaban J connectivity index is 1.86. The Bertz CT molecular complexity index is 581. The van der Waals surface area contributed by atoms with Crippen LogP contribution in [0, 0.1) is 6.92 Å². The third-order valence-electron chi connectivity index (χ3n) is 2.87. The fourth-order valence-electron chi connectivity index (χ4n) is 1.65. The van der Waals surface area contributed by atoms with Crippen LogP contribution in [0.4, 0.5) is 0 Å². The van der Waals surface area contributed by atoms with Gasteiger partial charge in [-0.25, -0.2) is 4.98 Å². The molecule has 0 radical (unpaired) electrons. The first kappa shape index (κ1) is 15.6. The molecule has 2 rings (SSSR count). The van der Waals surface area contributed by atoms with Crippen molar-refractivity contribution in [1.82, 2.24) is 15.2 Å². The molecule has 0 saturated carbocycles. The van der Waals surface area contributed by atoms with Crippen molar-refractivity contribution in [2.24, 2.45) is 0 Å². The van der Waals surface area contributed by atoms with Gasteiger partial charge in [-0.05, 0) is 13.3 Å². The van der Waals surface area contributed by atoms with Gasteiger partial charge in [-0.15, -0.1) is 5.10 Å². The average molecular weight is 305 g/mol. The van der Waals surface area contributed by atoms with Crippen LogP contribution in [0.3, 0.4) is 0 Å². The van der Waals surface area contributed by atoms with Crippen LogP contribution >= 0.6 is 11.8 Å². The van der Waals surface area contributed by atoms with Gasteiger partial charge in [-0.2, -0.15) is 0 Å². The van der Waals surface area contributed by atoms with E-state index in [-0.39, 0.29) is 11.7 Å². The number of thioether (sulfide) groups is 1. The van der Waals surface area contributed by atoms with Crippen molar-refractivity contribution in [1.29, 1.82) is 0 Å². The number of unbranched alkanes of at least 4 members (excludes halogenated alkanes) is 1. The van der Waals surface area contributed by atoms with Crippen molar-refractivity contribution in [3.05, 3.63) is 29.8 Å². The number of nitrogens with one attached hydrogen (secondary N) is 1. The lowest BCUT2D eigenvalue weighted by molar-refractivity contribution is -0.140. The Morgan fingerprint density at radius 2 is 2.10 bits per heavy atom. The van der Waals surface area contributed by atoms with Gasteiger partial charge < -0.3 is 4.74 Å². The number of carbonyl (C=O) groups excluding carboxylic acids is 1. The molecule has 112 valence electrons. The molecule has 0 bridgehead atoms. The average Bonchev–Trinajstić information content (AvgIpc) is 2.95. The monoisotopic (exact) mass is 305 g/mol. The van der Waals surface area contributed by atoms with Crippen molar-refractivity contribution >= 4 is 17.7 Å². The molecule has 21 heavy (non-hydrogen) atoms. The SMILES string of the molecule is CCCCOC(=O)CSc1n[nH]c(-c2ccc(C)cc2)n1. The van der Waals surface area contributed by atoms with E-state index in [4.69, 9.17) is 4.74 Å². The number of aromatic amines is 1. The topological polar surface area (TPSA) is 67.9 Å². The number of hydrogen-bond donors (Lipinski definition) is 1. The minimum Gasteiger partial charge on any atom is -0.465 e. The van der Waals surface area contributed by atoms with E-state index in [9.17, 15) is 4.79 Å². The van der Waals surface area contributed by atoms with E-state index in [0.717, 1.165) is 18.4 Å². The second-order valence-electron chi connectivity index (χ2n) is 4.70. The predicted octanol–water partition coefficient (Wildman–Crippen LogP) is 3.22. The molecule has 1 aromatic carbocycles. The van der Waals surface area contributed by atoms with E-state index < -0.39 is 0 Å². The van der Waals surface area contributed by atoms with Crippen molar-refractivity contribution in [2.75, 3.05) is 12.4 Å². The molecule has 5 nitrogen and oxygen atoms in total. The van der Waals surface area contributed by atoms with E-state index in [2.05, 4.69) is 22.1 Å². The van der Waals surface area contributed by atoms with Crippen LogP contribution in [0.15, 0.2) is 29.4 Å². The van der Waals surface area contributed by atoms with Crippen LogP contribution in [0.5, 0.6) is 0 Å². The Kier molecular flexibility index (Phi) is 5.80. The number of rotatable bonds is 7. The zero-order valence-corrected chi connectivity index (χ0v) is 13.1. The number of nitrogens with zero attached hydrogens (tertiary/aromatic N) is 2. The first-order valence-corrected chi connectivity index (χ1v) is 7.95. The van der Waals surface area contributed by atoms with Gasteiger partial charge in [0.25, 0.3) is 0 Å². The maximum absolute atomic E-state index is 11.5. The van der Waals surface area contributed by atoms with Crippen molar-refractivity contribution in [3.63, 3.8) is 0 Å². The maximum atomic E-state index is 11.5. The first-order chi connectivity index (χ1) is 10.2. The van der Waals surface area contributed by atoms with Gasteiger partial charge in [0, 0.05) is 5.56 Å². The summed E-state index contributed by atoms with van der Waals surface area (Å²) in [6, 6.07) is 8.03. The maximum Gasteiger partial charge on any atom is 0.316 e. The van der Waals surface area contributed by atoms with Crippen LogP contribution in [0.1, 0.15) is 25.3 Å². The number of esters is 1. The zero-order chi connectivity index (χ0) is 15.1. The standard InChI is InChI=1S/C15H19N3O2S/c1-3-4-9-20-13(19)10-21-15-16-14(17-18-15)12-7-5-11(2)6-8-12/h5-8H,3-4,9-10H2,1-2H3,(H,16,17,18). The summed E-state index contributed by atoms with van der Waals surface area (Å²) in [6.45, 7) is 4.58. The van der Waals surface area contributed by atoms with E-state index in [1.807, 2.05) is 31.2 Å². The van der Waals surface area contributed by atoms with Gasteiger partial charge in [0.2, 0.25) is 5.16 Å². The van der Waals surface area contributed by atoms with Crippen molar-refractivity contribution in [3.8, 4) is 11.4 Å². The Morgan fingerprint density at radius 1 is 1.33 bits per heavy atom.